The van der Waals surface area contributed by atoms with Gasteiger partial charge in [0.25, 0.3) is 0 Å². The number of amides is 1. The van der Waals surface area contributed by atoms with E-state index >= 15 is 0 Å². The number of benzene rings is 1. The first-order valence-corrected chi connectivity index (χ1v) is 8.16. The van der Waals surface area contributed by atoms with Gasteiger partial charge in [0.1, 0.15) is 0 Å². The van der Waals surface area contributed by atoms with Crippen LogP contribution in [-0.2, 0) is 9.53 Å². The normalized spacial score (nSPS) is 15.7. The number of carbonyl (C=O) groups excluding carboxylic acids is 1. The smallest absolute Gasteiger partial charge is 0.225 e. The monoisotopic (exact) mass is 345 g/mol. The molecule has 0 aromatic heterocycles. The van der Waals surface area contributed by atoms with Crippen molar-refractivity contribution in [3.63, 3.8) is 0 Å². The second kappa shape index (κ2) is 9.33. The molecule has 1 aromatic carbocycles. The van der Waals surface area contributed by atoms with Gasteiger partial charge in [0.05, 0.1) is 13.2 Å². The lowest BCUT2D eigenvalue weighted by atomic mass is 10.3. The van der Waals surface area contributed by atoms with Crippen molar-refractivity contribution in [2.75, 3.05) is 51.3 Å². The fraction of sp³-hybridized carbons (Fsp3) is 0.533. The van der Waals surface area contributed by atoms with Gasteiger partial charge in [0.2, 0.25) is 5.91 Å². The third-order valence-electron chi connectivity index (χ3n) is 3.38. The maximum Gasteiger partial charge on any atom is 0.225 e. The topological polar surface area (TPSA) is 53.6 Å². The number of anilines is 1. The van der Waals surface area contributed by atoms with E-state index < -0.39 is 0 Å². The maximum absolute atomic E-state index is 11.8. The van der Waals surface area contributed by atoms with Crippen molar-refractivity contribution < 1.29 is 9.53 Å². The average molecular weight is 346 g/mol. The van der Waals surface area contributed by atoms with Crippen molar-refractivity contribution in [3.8, 4) is 0 Å². The largest absolute Gasteiger partial charge is 0.379 e. The number of ether oxygens (including phenoxy) is 1. The quantitative estimate of drug-likeness (QED) is 0.744. The lowest BCUT2D eigenvalue weighted by Gasteiger charge is -2.26. The molecule has 5 nitrogen and oxygen atoms in total. The molecule has 0 bridgehead atoms. The molecule has 1 aliphatic rings. The summed E-state index contributed by atoms with van der Waals surface area (Å²) in [6.45, 7) is 6.08. The number of carbonyl (C=O) groups is 1. The number of halogens is 2. The summed E-state index contributed by atoms with van der Waals surface area (Å²) < 4.78 is 5.30. The van der Waals surface area contributed by atoms with E-state index in [0.29, 0.717) is 28.7 Å². The SMILES string of the molecule is O=C(CCNCCN1CCOCC1)Nc1cc(Cl)cc(Cl)c1. The predicted octanol–water partition coefficient (Wildman–Crippen LogP) is 2.24. The Bertz CT molecular complexity index is 473. The predicted molar refractivity (Wildman–Crippen MR) is 89.8 cm³/mol. The van der Waals surface area contributed by atoms with Gasteiger partial charge in [-0.2, -0.15) is 0 Å². The summed E-state index contributed by atoms with van der Waals surface area (Å²) in [7, 11) is 0. The molecule has 2 rings (SSSR count). The van der Waals surface area contributed by atoms with Crippen LogP contribution in [0, 0.1) is 0 Å². The van der Waals surface area contributed by atoms with Gasteiger partial charge in [-0.1, -0.05) is 23.2 Å². The number of nitrogens with one attached hydrogen (secondary N) is 2. The van der Waals surface area contributed by atoms with Gasteiger partial charge in [-0.05, 0) is 18.2 Å². The van der Waals surface area contributed by atoms with Gasteiger partial charge < -0.3 is 15.4 Å². The standard InChI is InChI=1S/C15H21Cl2N3O2/c16-12-9-13(17)11-14(10-12)19-15(21)1-2-18-3-4-20-5-7-22-8-6-20/h9-11,18H,1-8H2,(H,19,21). The van der Waals surface area contributed by atoms with Crippen LogP contribution in [0.3, 0.4) is 0 Å². The Hall–Kier alpha value is -0.850. The highest BCUT2D eigenvalue weighted by Crippen LogP contribution is 2.22. The van der Waals surface area contributed by atoms with Gasteiger partial charge in [-0.15, -0.1) is 0 Å². The van der Waals surface area contributed by atoms with Crippen LogP contribution in [0.15, 0.2) is 18.2 Å². The maximum atomic E-state index is 11.8. The summed E-state index contributed by atoms with van der Waals surface area (Å²) in [5.41, 5.74) is 0.621. The molecule has 1 saturated heterocycles. The second-order valence-electron chi connectivity index (χ2n) is 5.16. The third kappa shape index (κ3) is 6.50. The van der Waals surface area contributed by atoms with E-state index in [2.05, 4.69) is 15.5 Å². The minimum Gasteiger partial charge on any atom is -0.379 e. The lowest BCUT2D eigenvalue weighted by molar-refractivity contribution is -0.116. The zero-order chi connectivity index (χ0) is 15.8. The van der Waals surface area contributed by atoms with Crippen molar-refractivity contribution in [1.82, 2.24) is 10.2 Å². The Labute approximate surface area is 140 Å². The van der Waals surface area contributed by atoms with Crippen LogP contribution >= 0.6 is 23.2 Å². The Morgan fingerprint density at radius 3 is 2.50 bits per heavy atom. The molecule has 0 atom stereocenters. The molecule has 1 heterocycles. The van der Waals surface area contributed by atoms with Crippen LogP contribution in [0.2, 0.25) is 10.0 Å². The van der Waals surface area contributed by atoms with E-state index in [9.17, 15) is 4.79 Å². The number of hydrogen-bond donors (Lipinski definition) is 2. The molecular formula is C15H21Cl2N3O2. The van der Waals surface area contributed by atoms with Crippen molar-refractivity contribution in [1.29, 1.82) is 0 Å². The summed E-state index contributed by atoms with van der Waals surface area (Å²) in [4.78, 5) is 14.2. The number of rotatable bonds is 7. The highest BCUT2D eigenvalue weighted by atomic mass is 35.5. The first-order valence-electron chi connectivity index (χ1n) is 7.40. The average Bonchev–Trinajstić information content (AvgIpc) is 2.47. The van der Waals surface area contributed by atoms with Crippen molar-refractivity contribution in [3.05, 3.63) is 28.2 Å². The van der Waals surface area contributed by atoms with Gasteiger partial charge >= 0.3 is 0 Å². The molecule has 7 heteroatoms. The van der Waals surface area contributed by atoms with Crippen molar-refractivity contribution in [2.45, 2.75) is 6.42 Å². The molecule has 1 aromatic rings. The van der Waals surface area contributed by atoms with Gasteiger partial charge in [-0.25, -0.2) is 0 Å². The molecule has 1 amide bonds. The van der Waals surface area contributed by atoms with E-state index in [4.69, 9.17) is 27.9 Å². The summed E-state index contributed by atoms with van der Waals surface area (Å²) in [6, 6.07) is 4.99. The van der Waals surface area contributed by atoms with E-state index in [0.717, 1.165) is 39.4 Å². The van der Waals surface area contributed by atoms with Crippen molar-refractivity contribution >= 4 is 34.8 Å². The molecule has 0 saturated carbocycles. The van der Waals surface area contributed by atoms with Crippen LogP contribution in [-0.4, -0.2) is 56.7 Å². The minimum absolute atomic E-state index is 0.0581. The molecule has 2 N–H and O–H groups in total. The van der Waals surface area contributed by atoms with Gasteiger partial charge in [-0.3, -0.25) is 9.69 Å². The Balaban J connectivity index is 1.59. The zero-order valence-electron chi connectivity index (χ0n) is 12.4. The van der Waals surface area contributed by atoms with E-state index in [1.807, 2.05) is 0 Å². The summed E-state index contributed by atoms with van der Waals surface area (Å²) >= 11 is 11.8. The fourth-order valence-corrected chi connectivity index (χ4v) is 2.76. The fourth-order valence-electron chi connectivity index (χ4n) is 2.24. The molecule has 0 spiro atoms. The number of hydrogen-bond acceptors (Lipinski definition) is 4. The molecule has 122 valence electrons. The molecule has 1 fully saturated rings. The summed E-state index contributed by atoms with van der Waals surface area (Å²) in [5.74, 6) is -0.0581. The Morgan fingerprint density at radius 2 is 1.82 bits per heavy atom. The molecular weight excluding hydrogens is 325 g/mol. The van der Waals surface area contributed by atoms with E-state index in [-0.39, 0.29) is 5.91 Å². The first-order chi connectivity index (χ1) is 10.6. The first kappa shape index (κ1) is 17.5. The third-order valence-corrected chi connectivity index (χ3v) is 3.82. The Morgan fingerprint density at radius 1 is 1.14 bits per heavy atom. The molecule has 0 unspecified atom stereocenters. The van der Waals surface area contributed by atoms with Crippen LogP contribution < -0.4 is 10.6 Å². The highest BCUT2D eigenvalue weighted by Gasteiger charge is 2.09. The summed E-state index contributed by atoms with van der Waals surface area (Å²) in [6.07, 6.45) is 0.410. The number of nitrogens with zero attached hydrogens (tertiary/aromatic N) is 1. The molecule has 0 radical (unpaired) electrons. The van der Waals surface area contributed by atoms with E-state index in [1.165, 1.54) is 0 Å². The van der Waals surface area contributed by atoms with Gasteiger partial charge in [0, 0.05) is 54.9 Å². The second-order valence-corrected chi connectivity index (χ2v) is 6.03. The number of morpholine rings is 1. The lowest BCUT2D eigenvalue weighted by Crippen LogP contribution is -2.40. The molecule has 1 aliphatic heterocycles. The van der Waals surface area contributed by atoms with Crippen molar-refractivity contribution in [2.24, 2.45) is 0 Å². The van der Waals surface area contributed by atoms with Gasteiger partial charge in [0.15, 0.2) is 0 Å². The molecule has 22 heavy (non-hydrogen) atoms. The van der Waals surface area contributed by atoms with E-state index in [1.54, 1.807) is 18.2 Å². The van der Waals surface area contributed by atoms with Crippen LogP contribution in [0.1, 0.15) is 6.42 Å². The Kier molecular flexibility index (Phi) is 7.42. The molecule has 0 aliphatic carbocycles. The highest BCUT2D eigenvalue weighted by molar-refractivity contribution is 6.35. The van der Waals surface area contributed by atoms with Crippen LogP contribution in [0.4, 0.5) is 5.69 Å². The van der Waals surface area contributed by atoms with Crippen LogP contribution in [0.25, 0.3) is 0 Å². The zero-order valence-corrected chi connectivity index (χ0v) is 13.9. The summed E-state index contributed by atoms with van der Waals surface area (Å²) in [5, 5.41) is 7.08. The minimum atomic E-state index is -0.0581. The van der Waals surface area contributed by atoms with Crippen LogP contribution in [0.5, 0.6) is 0 Å².